The average Bonchev–Trinajstić information content (AvgIpc) is 3.82. The summed E-state index contributed by atoms with van der Waals surface area (Å²) in [6.45, 7) is 3.70. The van der Waals surface area contributed by atoms with E-state index in [1.54, 1.807) is 12.1 Å². The number of likely N-dealkylation sites (tertiary alicyclic amines) is 1. The van der Waals surface area contributed by atoms with Crippen LogP contribution in [0.25, 0.3) is 22.3 Å². The fourth-order valence-corrected chi connectivity index (χ4v) is 9.06. The zero-order chi connectivity index (χ0) is 36.7. The van der Waals surface area contributed by atoms with Crippen LogP contribution >= 0.6 is 0 Å². The van der Waals surface area contributed by atoms with Gasteiger partial charge < -0.3 is 15.4 Å². The van der Waals surface area contributed by atoms with Gasteiger partial charge in [0.05, 0.1) is 22.6 Å². The summed E-state index contributed by atoms with van der Waals surface area (Å²) < 4.78 is 8.07. The van der Waals surface area contributed by atoms with E-state index < -0.39 is 29.7 Å². The number of hydrogen-bond acceptors (Lipinski definition) is 11. The number of anilines is 2. The normalized spacial score (nSPS) is 22.4. The molecule has 4 aliphatic heterocycles. The molecule has 3 N–H and O–H groups in total. The molecule has 2 unspecified atom stereocenters. The third-order valence-corrected chi connectivity index (χ3v) is 11.9. The van der Waals surface area contributed by atoms with Gasteiger partial charge >= 0.3 is 0 Å². The molecule has 0 radical (unpaired) electrons. The van der Waals surface area contributed by atoms with Crippen LogP contribution in [0.15, 0.2) is 79.1 Å². The Balaban J connectivity index is 0.789. The van der Waals surface area contributed by atoms with Crippen LogP contribution in [0.5, 0.6) is 11.5 Å². The molecule has 3 aromatic carbocycles. The van der Waals surface area contributed by atoms with E-state index in [1.807, 2.05) is 60.7 Å². The fraction of sp³-hybridized carbons (Fsp3) is 0.325. The maximum Gasteiger partial charge on any atom is 0.262 e. The summed E-state index contributed by atoms with van der Waals surface area (Å²) >= 11 is 0. The van der Waals surface area contributed by atoms with Gasteiger partial charge in [0.15, 0.2) is 5.65 Å². The molecule has 5 aromatic rings. The first-order valence-corrected chi connectivity index (χ1v) is 18.4. The lowest BCUT2D eigenvalue weighted by atomic mass is 9.76. The molecular weight excluding hydrogens is 686 g/mol. The lowest BCUT2D eigenvalue weighted by molar-refractivity contribution is -0.136. The van der Waals surface area contributed by atoms with Crippen molar-refractivity contribution in [2.45, 2.75) is 50.2 Å². The largest absolute Gasteiger partial charge is 0.457 e. The minimum atomic E-state index is -0.973. The lowest BCUT2D eigenvalue weighted by Gasteiger charge is -2.57. The van der Waals surface area contributed by atoms with Gasteiger partial charge in [0.2, 0.25) is 11.8 Å². The van der Waals surface area contributed by atoms with E-state index >= 15 is 0 Å². The van der Waals surface area contributed by atoms with E-state index in [1.165, 1.54) is 6.33 Å². The highest BCUT2D eigenvalue weighted by molar-refractivity contribution is 6.23. The molecule has 1 aliphatic carbocycles. The fourth-order valence-electron chi connectivity index (χ4n) is 9.06. The Morgan fingerprint density at radius 1 is 0.833 bits per heavy atom. The first kappa shape index (κ1) is 32.5. The van der Waals surface area contributed by atoms with E-state index in [4.69, 9.17) is 15.6 Å². The number of fused-ring (bicyclic) bond motifs is 2. The number of aromatic nitrogens is 4. The van der Waals surface area contributed by atoms with Gasteiger partial charge in [0.1, 0.15) is 35.4 Å². The van der Waals surface area contributed by atoms with Crippen molar-refractivity contribution in [2.75, 3.05) is 36.8 Å². The second-order valence-electron chi connectivity index (χ2n) is 15.2. The Kier molecular flexibility index (Phi) is 7.34. The molecule has 0 bridgehead atoms. The number of para-hydroxylation sites is 1. The number of carbonyl (C=O) groups excluding carboxylic acids is 4. The number of piperidine rings is 1. The summed E-state index contributed by atoms with van der Waals surface area (Å²) in [6.07, 6.45) is 4.87. The maximum absolute atomic E-state index is 13.3. The first-order chi connectivity index (χ1) is 26.2. The Morgan fingerprint density at radius 2 is 1.59 bits per heavy atom. The van der Waals surface area contributed by atoms with Gasteiger partial charge in [-0.2, -0.15) is 5.10 Å². The molecule has 4 amide bonds. The third kappa shape index (κ3) is 5.23. The molecule has 1 spiro atoms. The van der Waals surface area contributed by atoms with Gasteiger partial charge in [-0.25, -0.2) is 14.6 Å². The van der Waals surface area contributed by atoms with Crippen LogP contribution in [0.1, 0.15) is 58.9 Å². The molecule has 5 aliphatic rings. The number of nitrogens with zero attached hydrogens (tertiary/aromatic N) is 7. The van der Waals surface area contributed by atoms with Gasteiger partial charge in [-0.15, -0.1) is 0 Å². The number of nitrogen functional groups attached to an aromatic ring is 1. The summed E-state index contributed by atoms with van der Waals surface area (Å²) in [5.41, 5.74) is 10.6. The highest BCUT2D eigenvalue weighted by Crippen LogP contribution is 2.52. The number of carbonyl (C=O) groups is 4. The number of nitrogens with one attached hydrogen (secondary N) is 1. The predicted molar refractivity (Wildman–Crippen MR) is 198 cm³/mol. The van der Waals surface area contributed by atoms with Crippen LogP contribution in [0.4, 0.5) is 11.5 Å². The Labute approximate surface area is 309 Å². The highest BCUT2D eigenvalue weighted by Gasteiger charge is 2.52. The van der Waals surface area contributed by atoms with Crippen molar-refractivity contribution in [1.29, 1.82) is 0 Å². The number of amides is 4. The zero-order valence-corrected chi connectivity index (χ0v) is 29.4. The number of rotatable bonds is 7. The molecule has 3 saturated heterocycles. The average molecular weight is 724 g/mol. The number of ether oxygens (including phenoxy) is 1. The van der Waals surface area contributed by atoms with Crippen LogP contribution in [0.3, 0.4) is 0 Å². The lowest BCUT2D eigenvalue weighted by Crippen LogP contribution is -2.68. The van der Waals surface area contributed by atoms with Crippen molar-refractivity contribution < 1.29 is 23.9 Å². The van der Waals surface area contributed by atoms with Crippen molar-refractivity contribution in [3.8, 4) is 22.8 Å². The molecule has 1 saturated carbocycles. The van der Waals surface area contributed by atoms with E-state index in [0.717, 1.165) is 89.8 Å². The van der Waals surface area contributed by atoms with E-state index in [-0.39, 0.29) is 24.3 Å². The minimum absolute atomic E-state index is 0.0927. The summed E-state index contributed by atoms with van der Waals surface area (Å²) in [4.78, 5) is 65.3. The Morgan fingerprint density at radius 3 is 2.37 bits per heavy atom. The monoisotopic (exact) mass is 723 g/mol. The van der Waals surface area contributed by atoms with Crippen molar-refractivity contribution in [3.05, 3.63) is 90.3 Å². The first-order valence-electron chi connectivity index (χ1n) is 18.4. The molecule has 6 heterocycles. The highest BCUT2D eigenvalue weighted by atomic mass is 16.5. The van der Waals surface area contributed by atoms with Crippen LogP contribution < -0.4 is 20.7 Å². The second-order valence-corrected chi connectivity index (χ2v) is 15.2. The maximum atomic E-state index is 13.3. The van der Waals surface area contributed by atoms with E-state index in [2.05, 4.69) is 29.8 Å². The summed E-state index contributed by atoms with van der Waals surface area (Å²) in [7, 11) is 0. The zero-order valence-electron chi connectivity index (χ0n) is 29.4. The topological polar surface area (TPSA) is 169 Å². The SMILES string of the molecule is Nc1ncnc2c1c(-c1ccc(Oc3ccccc3)cc1)nn2C1CCC2(C1)CN(C1CN(c3ccc4c(c3)C(=O)N(C3CCC(=O)NC3=O)C4=O)C1)C2. The van der Waals surface area contributed by atoms with Gasteiger partial charge in [-0.05, 0) is 85.7 Å². The van der Waals surface area contributed by atoms with E-state index in [0.29, 0.717) is 23.0 Å². The summed E-state index contributed by atoms with van der Waals surface area (Å²) in [5.74, 6) is -0.0540. The smallest absolute Gasteiger partial charge is 0.262 e. The van der Waals surface area contributed by atoms with Gasteiger partial charge in [0.25, 0.3) is 11.8 Å². The van der Waals surface area contributed by atoms with Crippen molar-refractivity contribution in [3.63, 3.8) is 0 Å². The molecule has 54 heavy (non-hydrogen) atoms. The molecule has 4 fully saturated rings. The summed E-state index contributed by atoms with van der Waals surface area (Å²) in [5, 5.41) is 8.14. The van der Waals surface area contributed by atoms with Gasteiger partial charge in [0, 0.05) is 49.9 Å². The molecule has 10 rings (SSSR count). The van der Waals surface area contributed by atoms with E-state index in [9.17, 15) is 19.2 Å². The number of benzene rings is 3. The quantitative estimate of drug-likeness (QED) is 0.231. The molecule has 272 valence electrons. The van der Waals surface area contributed by atoms with Gasteiger partial charge in [-0.3, -0.25) is 34.3 Å². The molecule has 2 atom stereocenters. The molecule has 14 nitrogen and oxygen atoms in total. The molecule has 14 heteroatoms. The van der Waals surface area contributed by atoms with Gasteiger partial charge in [-0.1, -0.05) is 18.2 Å². The van der Waals surface area contributed by atoms with Crippen LogP contribution in [-0.4, -0.2) is 91.4 Å². The Hall–Kier alpha value is -6.15. The van der Waals surface area contributed by atoms with Crippen LogP contribution in [0.2, 0.25) is 0 Å². The van der Waals surface area contributed by atoms with Crippen molar-refractivity contribution in [2.24, 2.45) is 5.41 Å². The standard InChI is InChI=1S/C40H37N9O5/c41-35-33-34(23-6-9-28(10-7-23)54-27-4-2-1-3-5-27)45-49(36(33)43-22-42-35)25-14-15-40(17-25)20-47(21-40)26-18-46(19-26)24-8-11-29-30(16-24)39(53)48(38(29)52)31-12-13-32(50)44-37(31)51/h1-11,16,22,25-26,31H,12-15,17-21H2,(H2,41,42,43)(H,44,50,51). The number of imide groups is 2. The molecular formula is C40H37N9O5. The van der Waals surface area contributed by atoms with Crippen molar-refractivity contribution in [1.82, 2.24) is 34.9 Å². The summed E-state index contributed by atoms with van der Waals surface area (Å²) in [6, 6.07) is 22.5. The van der Waals surface area contributed by atoms with Crippen molar-refractivity contribution >= 4 is 46.2 Å². The minimum Gasteiger partial charge on any atom is -0.457 e. The van der Waals surface area contributed by atoms with Crippen LogP contribution in [0, 0.1) is 5.41 Å². The second kappa shape index (κ2) is 12.2. The Bertz CT molecular complexity index is 2370. The predicted octanol–water partition coefficient (Wildman–Crippen LogP) is 4.18. The number of nitrogens with two attached hydrogens (primary N) is 1. The van der Waals surface area contributed by atoms with Crippen LogP contribution in [-0.2, 0) is 9.59 Å². The molecule has 2 aromatic heterocycles. The number of hydrogen-bond donors (Lipinski definition) is 2. The third-order valence-electron chi connectivity index (χ3n) is 11.9.